The smallest absolute Gasteiger partial charge is 0.161 e. The molecule has 1 aliphatic heterocycles. The van der Waals surface area contributed by atoms with Gasteiger partial charge in [-0.2, -0.15) is 0 Å². The monoisotopic (exact) mass is 607 g/mol. The second-order valence-electron chi connectivity index (χ2n) is 12.1. The van der Waals surface area contributed by atoms with Crippen LogP contribution in [0.5, 0.6) is 28.7 Å². The molecule has 2 aliphatic rings. The van der Waals surface area contributed by atoms with E-state index in [1.165, 1.54) is 12.7 Å². The Bertz CT molecular complexity index is 1890. The quantitative estimate of drug-likeness (QED) is 0.144. The molecule has 3 atom stereocenters. The van der Waals surface area contributed by atoms with Crippen molar-refractivity contribution in [2.24, 2.45) is 0 Å². The number of methoxy groups -OCH3 is 2. The van der Waals surface area contributed by atoms with Crippen LogP contribution in [0.4, 0.5) is 0 Å². The number of hydrogen-bond acceptors (Lipinski definition) is 7. The van der Waals surface area contributed by atoms with Crippen molar-refractivity contribution in [3.05, 3.63) is 100 Å². The summed E-state index contributed by atoms with van der Waals surface area (Å²) < 4.78 is 18.0. The van der Waals surface area contributed by atoms with Crippen LogP contribution >= 0.6 is 0 Å². The minimum absolute atomic E-state index is 0.00269. The van der Waals surface area contributed by atoms with Gasteiger partial charge in [0.25, 0.3) is 0 Å². The first kappa shape index (κ1) is 29.1. The average Bonchev–Trinajstić information content (AvgIpc) is 3.52. The Morgan fingerprint density at radius 1 is 0.911 bits per heavy atom. The second-order valence-corrected chi connectivity index (χ2v) is 12.1. The third kappa shape index (κ3) is 5.14. The fourth-order valence-electron chi connectivity index (χ4n) is 7.20. The molecular weight excluding hydrogens is 570 g/mol. The maximum atomic E-state index is 11.6. The molecule has 8 heteroatoms. The summed E-state index contributed by atoms with van der Waals surface area (Å²) in [5, 5.41) is 43.3. The van der Waals surface area contributed by atoms with Gasteiger partial charge in [-0.1, -0.05) is 12.1 Å². The number of aromatic hydroxyl groups is 2. The number of phenols is 2. The third-order valence-electron chi connectivity index (χ3n) is 9.33. The third-order valence-corrected chi connectivity index (χ3v) is 9.33. The zero-order valence-corrected chi connectivity index (χ0v) is 25.3. The van der Waals surface area contributed by atoms with Crippen molar-refractivity contribution in [1.29, 1.82) is 0 Å². The summed E-state index contributed by atoms with van der Waals surface area (Å²) in [5.41, 5.74) is 8.69. The number of aliphatic hydroxyl groups excluding tert-OH is 2. The predicted octanol–water partition coefficient (Wildman–Crippen LogP) is 6.11. The molecule has 0 saturated carbocycles. The van der Waals surface area contributed by atoms with E-state index in [1.54, 1.807) is 19.2 Å². The van der Waals surface area contributed by atoms with E-state index in [0.717, 1.165) is 45.1 Å². The highest BCUT2D eigenvalue weighted by molar-refractivity contribution is 5.83. The van der Waals surface area contributed by atoms with E-state index in [1.807, 2.05) is 30.5 Å². The molecule has 45 heavy (non-hydrogen) atoms. The van der Waals surface area contributed by atoms with Crippen molar-refractivity contribution in [2.75, 3.05) is 20.8 Å². The summed E-state index contributed by atoms with van der Waals surface area (Å²) in [7, 11) is 3.14. The Kier molecular flexibility index (Phi) is 7.55. The highest BCUT2D eigenvalue weighted by Crippen LogP contribution is 2.52. The topological polar surface area (TPSA) is 124 Å². The summed E-state index contributed by atoms with van der Waals surface area (Å²) in [6.07, 6.45) is 3.18. The number of ether oxygens (including phenoxy) is 3. The number of aromatic amines is 1. The van der Waals surface area contributed by atoms with Gasteiger partial charge in [0.15, 0.2) is 11.5 Å². The number of phenolic OH excluding ortho intramolecular Hbond substituents is 2. The van der Waals surface area contributed by atoms with Crippen molar-refractivity contribution in [3.8, 4) is 39.9 Å². The van der Waals surface area contributed by atoms with Gasteiger partial charge in [0.05, 0.1) is 20.3 Å². The van der Waals surface area contributed by atoms with Crippen LogP contribution in [0.25, 0.3) is 22.0 Å². The minimum Gasteiger partial charge on any atom is -0.508 e. The summed E-state index contributed by atoms with van der Waals surface area (Å²) in [6, 6.07) is 19.5. The molecule has 1 aromatic heterocycles. The number of nitrogens with one attached hydrogen (secondary N) is 1. The lowest BCUT2D eigenvalue weighted by molar-refractivity contribution is 0.0201. The number of H-pyrrole nitrogens is 1. The molecule has 1 aliphatic carbocycles. The molecule has 0 spiro atoms. The Labute approximate surface area is 261 Å². The molecule has 5 aromatic rings. The van der Waals surface area contributed by atoms with Gasteiger partial charge in [0.2, 0.25) is 0 Å². The zero-order valence-electron chi connectivity index (χ0n) is 25.3. The first-order valence-electron chi connectivity index (χ1n) is 15.4. The van der Waals surface area contributed by atoms with Crippen LogP contribution in [0, 0.1) is 0 Å². The van der Waals surface area contributed by atoms with E-state index in [-0.39, 0.29) is 24.0 Å². The van der Waals surface area contributed by atoms with E-state index in [4.69, 9.17) is 14.2 Å². The molecule has 0 unspecified atom stereocenters. The van der Waals surface area contributed by atoms with Crippen LogP contribution < -0.4 is 14.2 Å². The van der Waals surface area contributed by atoms with Gasteiger partial charge in [0, 0.05) is 41.9 Å². The molecule has 2 heterocycles. The summed E-state index contributed by atoms with van der Waals surface area (Å²) in [5.74, 6) is 1.96. The minimum atomic E-state index is -0.856. The van der Waals surface area contributed by atoms with Crippen molar-refractivity contribution < 1.29 is 34.6 Å². The molecule has 7 rings (SSSR count). The normalized spacial score (nSPS) is 18.5. The standard InChI is InChI=1S/C37H37NO7/c1-43-33-19-32-28(18-31(41)37(45-32)24-14-22(4-3-11-39)36(42)34(16-24)44-2)29-15-23(27-17-25(40)6-7-26(27)35(29)33)13-20-5-8-30-21(12-20)9-10-38-30/h5-10,12,14,16-17,19,23,31,37-42H,3-4,11,13,15,18H2,1-2H3/t23-,31-,37-/m1/s1. The van der Waals surface area contributed by atoms with Gasteiger partial charge in [0.1, 0.15) is 23.4 Å². The van der Waals surface area contributed by atoms with Crippen LogP contribution in [-0.4, -0.2) is 52.3 Å². The molecule has 0 saturated heterocycles. The van der Waals surface area contributed by atoms with Gasteiger partial charge < -0.3 is 39.6 Å². The Hall–Kier alpha value is -4.66. The summed E-state index contributed by atoms with van der Waals surface area (Å²) >= 11 is 0. The molecule has 0 bridgehead atoms. The largest absolute Gasteiger partial charge is 0.508 e. The first-order valence-corrected chi connectivity index (χ1v) is 15.4. The van der Waals surface area contributed by atoms with Gasteiger partial charge >= 0.3 is 0 Å². The Balaban J connectivity index is 1.30. The maximum absolute atomic E-state index is 11.6. The van der Waals surface area contributed by atoms with Gasteiger partial charge in [-0.25, -0.2) is 0 Å². The van der Waals surface area contributed by atoms with Crippen LogP contribution in [0.2, 0.25) is 0 Å². The first-order chi connectivity index (χ1) is 21.9. The van der Waals surface area contributed by atoms with Crippen LogP contribution in [-0.2, 0) is 25.7 Å². The molecule has 232 valence electrons. The fourth-order valence-corrected chi connectivity index (χ4v) is 7.20. The van der Waals surface area contributed by atoms with E-state index in [0.29, 0.717) is 54.1 Å². The lowest BCUT2D eigenvalue weighted by Crippen LogP contribution is -2.32. The zero-order chi connectivity index (χ0) is 31.2. The number of rotatable bonds is 8. The van der Waals surface area contributed by atoms with E-state index in [9.17, 15) is 20.4 Å². The predicted molar refractivity (Wildman–Crippen MR) is 172 cm³/mol. The van der Waals surface area contributed by atoms with Gasteiger partial charge in [-0.3, -0.25) is 0 Å². The maximum Gasteiger partial charge on any atom is 0.161 e. The summed E-state index contributed by atoms with van der Waals surface area (Å²) in [4.78, 5) is 3.26. The van der Waals surface area contributed by atoms with E-state index < -0.39 is 12.2 Å². The Morgan fingerprint density at radius 3 is 2.56 bits per heavy atom. The fraction of sp³-hybridized carbons (Fsp3) is 0.297. The molecule has 5 N–H and O–H groups in total. The highest BCUT2D eigenvalue weighted by atomic mass is 16.5. The number of aliphatic hydroxyl groups is 2. The highest BCUT2D eigenvalue weighted by Gasteiger charge is 2.37. The average molecular weight is 608 g/mol. The van der Waals surface area contributed by atoms with Crippen molar-refractivity contribution >= 4 is 10.9 Å². The molecule has 8 nitrogen and oxygen atoms in total. The lowest BCUT2D eigenvalue weighted by Gasteiger charge is -2.37. The number of aromatic nitrogens is 1. The van der Waals surface area contributed by atoms with Crippen molar-refractivity contribution in [3.63, 3.8) is 0 Å². The van der Waals surface area contributed by atoms with Crippen LogP contribution in [0.3, 0.4) is 0 Å². The Morgan fingerprint density at radius 2 is 1.76 bits per heavy atom. The molecular formula is C37H37NO7. The number of hydrogen-bond donors (Lipinski definition) is 5. The number of aryl methyl sites for hydroxylation is 1. The van der Waals surface area contributed by atoms with E-state index in [2.05, 4.69) is 29.2 Å². The van der Waals surface area contributed by atoms with Crippen molar-refractivity contribution in [2.45, 2.75) is 50.2 Å². The molecule has 0 radical (unpaired) electrons. The van der Waals surface area contributed by atoms with Crippen LogP contribution in [0.1, 0.15) is 51.8 Å². The summed E-state index contributed by atoms with van der Waals surface area (Å²) in [6.45, 7) is -0.00269. The number of benzene rings is 4. The SMILES string of the molecule is COc1cc([C@H]2Oc3cc(OC)c4c(c3C[C@H]2O)C[C@@H](Cc2ccc3[nH]ccc3c2)c2cc(O)ccc2-4)cc(CCCO)c1O. The number of fused-ring (bicyclic) bond motifs is 6. The molecule has 0 amide bonds. The lowest BCUT2D eigenvalue weighted by atomic mass is 9.73. The van der Waals surface area contributed by atoms with Crippen molar-refractivity contribution in [1.82, 2.24) is 4.98 Å². The van der Waals surface area contributed by atoms with Gasteiger partial charge in [-0.05, 0) is 113 Å². The van der Waals surface area contributed by atoms with Crippen LogP contribution in [0.15, 0.2) is 66.9 Å². The molecule has 0 fully saturated rings. The molecule has 4 aromatic carbocycles. The van der Waals surface area contributed by atoms with E-state index >= 15 is 0 Å². The second kappa shape index (κ2) is 11.7. The van der Waals surface area contributed by atoms with Gasteiger partial charge in [-0.15, -0.1) is 0 Å².